The first-order valence-electron chi connectivity index (χ1n) is 4.03. The van der Waals surface area contributed by atoms with Crippen molar-refractivity contribution in [3.63, 3.8) is 0 Å². The van der Waals surface area contributed by atoms with Crippen molar-refractivity contribution >= 4 is 62.5 Å². The van der Waals surface area contributed by atoms with Crippen LogP contribution in [0.4, 0.5) is 5.69 Å². The average molecular weight is 342 g/mol. The van der Waals surface area contributed by atoms with Gasteiger partial charge in [0.1, 0.15) is 0 Å². The van der Waals surface area contributed by atoms with Gasteiger partial charge < -0.3 is 5.11 Å². The zero-order chi connectivity index (χ0) is 12.1. The maximum atomic E-state index is 10.7. The van der Waals surface area contributed by atoms with Crippen LogP contribution in [0.25, 0.3) is 0 Å². The second-order valence-corrected chi connectivity index (χ2v) is 3.92. The lowest BCUT2D eigenvalue weighted by molar-refractivity contribution is -0.129. The minimum Gasteiger partial charge on any atom is -0.476 e. The van der Waals surface area contributed by atoms with Crippen molar-refractivity contribution in [2.45, 2.75) is 0 Å². The van der Waals surface area contributed by atoms with Gasteiger partial charge in [-0.3, -0.25) is 10.2 Å². The van der Waals surface area contributed by atoms with E-state index in [0.29, 0.717) is 5.69 Å². The summed E-state index contributed by atoms with van der Waals surface area (Å²) < 4.78 is 0.869. The summed E-state index contributed by atoms with van der Waals surface area (Å²) in [5.41, 5.74) is 2.20. The highest BCUT2D eigenvalue weighted by Crippen LogP contribution is 2.13. The maximum absolute atomic E-state index is 10.7. The molecule has 0 saturated heterocycles. The summed E-state index contributed by atoms with van der Waals surface area (Å²) >= 11 is 8.27. The van der Waals surface area contributed by atoms with E-state index in [1.54, 1.807) is 24.3 Å². The van der Waals surface area contributed by atoms with Gasteiger partial charge in [-0.05, 0) is 35.9 Å². The first-order valence-corrected chi connectivity index (χ1v) is 5.20. The van der Waals surface area contributed by atoms with Gasteiger partial charge in [-0.1, -0.05) is 15.9 Å². The second-order valence-electron chi connectivity index (χ2n) is 2.66. The molecule has 0 atom stereocenters. The number of nitrogens with one attached hydrogen (secondary N) is 1. The molecule has 0 heterocycles. The molecule has 92 valence electrons. The van der Waals surface area contributed by atoms with Gasteiger partial charge in [0.2, 0.25) is 5.71 Å². The molecule has 5 nitrogen and oxygen atoms in total. The molecule has 1 aromatic rings. The number of halogens is 3. The van der Waals surface area contributed by atoms with Crippen molar-refractivity contribution < 1.29 is 14.7 Å². The van der Waals surface area contributed by atoms with Gasteiger partial charge in [-0.15, -0.1) is 12.4 Å². The summed E-state index contributed by atoms with van der Waals surface area (Å²) in [5, 5.41) is 10.8. The Kier molecular flexibility index (Phi) is 6.79. The molecule has 0 bridgehead atoms. The summed E-state index contributed by atoms with van der Waals surface area (Å²) in [6.45, 7) is 0. The van der Waals surface area contributed by atoms with Gasteiger partial charge in [-0.2, -0.15) is 5.10 Å². The van der Waals surface area contributed by atoms with Crippen LogP contribution in [0, 0.1) is 0 Å². The standard InChI is InChI=1S/C9H6BrClN2O3.ClH/c10-5-1-3-6(4-2-5)12-13-7(8(11)14)9(15)16;/h1-4,12H,(H,15,16);1H. The van der Waals surface area contributed by atoms with Gasteiger partial charge in [0.25, 0.3) is 5.24 Å². The Balaban J connectivity index is 0.00000256. The number of hydrogen-bond acceptors (Lipinski definition) is 4. The van der Waals surface area contributed by atoms with E-state index >= 15 is 0 Å². The monoisotopic (exact) mass is 340 g/mol. The van der Waals surface area contributed by atoms with Crippen molar-refractivity contribution in [2.75, 3.05) is 5.43 Å². The van der Waals surface area contributed by atoms with Crippen LogP contribution in [0.3, 0.4) is 0 Å². The van der Waals surface area contributed by atoms with E-state index < -0.39 is 16.9 Å². The van der Waals surface area contributed by atoms with Crippen LogP contribution in [-0.4, -0.2) is 22.0 Å². The van der Waals surface area contributed by atoms with Crippen molar-refractivity contribution in [1.29, 1.82) is 0 Å². The molecule has 1 rings (SSSR count). The minimum atomic E-state index is -1.48. The minimum absolute atomic E-state index is 0. The molecule has 0 unspecified atom stereocenters. The Hall–Kier alpha value is -1.11. The molecular formula is C9H7BrCl2N2O3. The first kappa shape index (κ1) is 15.9. The number of hydrazone groups is 1. The van der Waals surface area contributed by atoms with Crippen LogP contribution in [0.1, 0.15) is 0 Å². The van der Waals surface area contributed by atoms with Crippen molar-refractivity contribution in [3.8, 4) is 0 Å². The van der Waals surface area contributed by atoms with Gasteiger partial charge in [-0.25, -0.2) is 4.79 Å². The van der Waals surface area contributed by atoms with Crippen LogP contribution in [0.15, 0.2) is 33.8 Å². The summed E-state index contributed by atoms with van der Waals surface area (Å²) in [6.07, 6.45) is 0. The maximum Gasteiger partial charge on any atom is 0.361 e. The van der Waals surface area contributed by atoms with Gasteiger partial charge >= 0.3 is 5.97 Å². The molecule has 0 aliphatic rings. The quantitative estimate of drug-likeness (QED) is 0.381. The lowest BCUT2D eigenvalue weighted by Crippen LogP contribution is -2.21. The number of nitrogens with zero attached hydrogens (tertiary/aromatic N) is 1. The summed E-state index contributed by atoms with van der Waals surface area (Å²) in [7, 11) is 0. The number of aliphatic carboxylic acids is 1. The molecular weight excluding hydrogens is 335 g/mol. The van der Waals surface area contributed by atoms with Crippen LogP contribution in [0.2, 0.25) is 0 Å². The highest BCUT2D eigenvalue weighted by molar-refractivity contribution is 9.10. The van der Waals surface area contributed by atoms with E-state index in [-0.39, 0.29) is 12.4 Å². The third-order valence-electron chi connectivity index (χ3n) is 1.53. The molecule has 0 radical (unpaired) electrons. The lowest BCUT2D eigenvalue weighted by Gasteiger charge is -2.00. The molecule has 0 aliphatic carbocycles. The molecule has 2 N–H and O–H groups in total. The van der Waals surface area contributed by atoms with Gasteiger partial charge in [0, 0.05) is 4.47 Å². The number of hydrogen-bond donors (Lipinski definition) is 2. The second kappa shape index (κ2) is 7.26. The molecule has 0 saturated carbocycles. The number of anilines is 1. The Morgan fingerprint density at radius 3 is 2.24 bits per heavy atom. The molecule has 0 aliphatic heterocycles. The predicted molar refractivity (Wildman–Crippen MR) is 70.9 cm³/mol. The smallest absolute Gasteiger partial charge is 0.361 e. The predicted octanol–water partition coefficient (Wildman–Crippen LogP) is 2.49. The number of carbonyl (C=O) groups is 2. The van der Waals surface area contributed by atoms with E-state index in [0.717, 1.165) is 4.47 Å². The number of rotatable bonds is 4. The van der Waals surface area contributed by atoms with E-state index in [1.165, 1.54) is 0 Å². The Labute approximate surface area is 116 Å². The van der Waals surface area contributed by atoms with E-state index in [4.69, 9.17) is 16.7 Å². The Morgan fingerprint density at radius 2 is 1.82 bits per heavy atom. The number of benzene rings is 1. The summed E-state index contributed by atoms with van der Waals surface area (Å²) in [5.74, 6) is -1.48. The van der Waals surface area contributed by atoms with E-state index in [1.807, 2.05) is 0 Å². The fraction of sp³-hybridized carbons (Fsp3) is 0. The van der Waals surface area contributed by atoms with Crippen LogP contribution in [0.5, 0.6) is 0 Å². The number of carboxylic acids is 1. The SMILES string of the molecule is Cl.O=C(O)C(=NNc1ccc(Br)cc1)C(=O)Cl. The molecule has 17 heavy (non-hydrogen) atoms. The topological polar surface area (TPSA) is 78.8 Å². The first-order chi connectivity index (χ1) is 7.50. The van der Waals surface area contributed by atoms with Crippen molar-refractivity contribution in [3.05, 3.63) is 28.7 Å². The van der Waals surface area contributed by atoms with Gasteiger partial charge in [0.05, 0.1) is 5.69 Å². The van der Waals surface area contributed by atoms with Crippen LogP contribution in [-0.2, 0) is 9.59 Å². The molecule has 1 aromatic carbocycles. The highest BCUT2D eigenvalue weighted by Gasteiger charge is 2.17. The van der Waals surface area contributed by atoms with Crippen LogP contribution < -0.4 is 5.43 Å². The number of carbonyl (C=O) groups excluding carboxylic acids is 1. The third kappa shape index (κ3) is 5.16. The van der Waals surface area contributed by atoms with E-state index in [2.05, 4.69) is 26.5 Å². The molecule has 8 heteroatoms. The fourth-order valence-electron chi connectivity index (χ4n) is 0.821. The Morgan fingerprint density at radius 1 is 1.29 bits per heavy atom. The summed E-state index contributed by atoms with van der Waals surface area (Å²) in [4.78, 5) is 21.2. The van der Waals surface area contributed by atoms with Crippen molar-refractivity contribution in [1.82, 2.24) is 0 Å². The molecule has 0 amide bonds. The third-order valence-corrected chi connectivity index (χ3v) is 2.24. The van der Waals surface area contributed by atoms with Gasteiger partial charge in [0.15, 0.2) is 0 Å². The highest BCUT2D eigenvalue weighted by atomic mass is 79.9. The fourth-order valence-corrected chi connectivity index (χ4v) is 1.21. The molecule has 0 aromatic heterocycles. The average Bonchev–Trinajstić information content (AvgIpc) is 2.20. The zero-order valence-electron chi connectivity index (χ0n) is 8.18. The lowest BCUT2D eigenvalue weighted by atomic mass is 10.3. The largest absolute Gasteiger partial charge is 0.476 e. The normalized spacial score (nSPS) is 10.4. The number of carboxylic acid groups (broad SMARTS) is 1. The molecule has 0 fully saturated rings. The summed E-state index contributed by atoms with van der Waals surface area (Å²) in [6, 6.07) is 6.79. The zero-order valence-corrected chi connectivity index (χ0v) is 11.3. The Bertz CT molecular complexity index is 432. The van der Waals surface area contributed by atoms with Crippen molar-refractivity contribution in [2.24, 2.45) is 5.10 Å². The van der Waals surface area contributed by atoms with E-state index in [9.17, 15) is 9.59 Å². The molecule has 0 spiro atoms. The van der Waals surface area contributed by atoms with Crippen LogP contribution >= 0.6 is 39.9 Å².